The van der Waals surface area contributed by atoms with Gasteiger partial charge >= 0.3 is 0 Å². The third-order valence-electron chi connectivity index (χ3n) is 3.75. The molecule has 0 aliphatic carbocycles. The van der Waals surface area contributed by atoms with Crippen molar-refractivity contribution in [3.05, 3.63) is 72.6 Å². The molecule has 2 aromatic carbocycles. The molecule has 1 N–H and O–H groups in total. The van der Waals surface area contributed by atoms with Crippen molar-refractivity contribution >= 4 is 5.91 Å². The van der Waals surface area contributed by atoms with Gasteiger partial charge in [0.05, 0.1) is 12.3 Å². The average molecular weight is 354 g/mol. The van der Waals surface area contributed by atoms with Crippen LogP contribution in [0.4, 0.5) is 4.39 Å². The summed E-state index contributed by atoms with van der Waals surface area (Å²) in [4.78, 5) is 16.0. The van der Waals surface area contributed by atoms with E-state index in [0.717, 1.165) is 18.5 Å². The molecule has 3 aromatic rings. The van der Waals surface area contributed by atoms with Crippen molar-refractivity contribution in [3.8, 4) is 11.4 Å². The van der Waals surface area contributed by atoms with Gasteiger partial charge in [-0.25, -0.2) is 14.1 Å². The zero-order chi connectivity index (χ0) is 18.2. The van der Waals surface area contributed by atoms with E-state index >= 15 is 0 Å². The van der Waals surface area contributed by atoms with Crippen LogP contribution in [0.1, 0.15) is 23.2 Å². The number of unbranched alkanes of at least 4 members (excludes halogenated alkanes) is 1. The highest BCUT2D eigenvalue weighted by Gasteiger charge is 2.05. The lowest BCUT2D eigenvalue weighted by Crippen LogP contribution is -2.24. The van der Waals surface area contributed by atoms with Gasteiger partial charge in [-0.1, -0.05) is 0 Å². The van der Waals surface area contributed by atoms with E-state index in [0.29, 0.717) is 24.5 Å². The molecule has 26 heavy (non-hydrogen) atoms. The van der Waals surface area contributed by atoms with Crippen molar-refractivity contribution in [2.24, 2.45) is 0 Å². The SMILES string of the molecule is O=C(NCCCCOc1ccc(F)cc1)c1ccc(-n2cncn2)cc1. The van der Waals surface area contributed by atoms with Gasteiger partial charge in [-0.3, -0.25) is 4.79 Å². The van der Waals surface area contributed by atoms with Gasteiger partial charge in [0.2, 0.25) is 0 Å². The summed E-state index contributed by atoms with van der Waals surface area (Å²) in [6.45, 7) is 1.09. The lowest BCUT2D eigenvalue weighted by atomic mass is 10.2. The molecule has 0 atom stereocenters. The summed E-state index contributed by atoms with van der Waals surface area (Å²) < 4.78 is 19.9. The van der Waals surface area contributed by atoms with E-state index in [2.05, 4.69) is 15.4 Å². The second-order valence-electron chi connectivity index (χ2n) is 5.65. The van der Waals surface area contributed by atoms with Gasteiger partial charge in [0.25, 0.3) is 5.91 Å². The van der Waals surface area contributed by atoms with E-state index in [4.69, 9.17) is 4.74 Å². The summed E-state index contributed by atoms with van der Waals surface area (Å²) in [5.74, 6) is 0.242. The predicted molar refractivity (Wildman–Crippen MR) is 94.8 cm³/mol. The number of nitrogens with zero attached hydrogens (tertiary/aromatic N) is 3. The maximum atomic E-state index is 12.8. The topological polar surface area (TPSA) is 69.0 Å². The Bertz CT molecular complexity index is 818. The molecular formula is C19H19FN4O2. The fraction of sp³-hybridized carbons (Fsp3) is 0.211. The van der Waals surface area contributed by atoms with Crippen LogP contribution in [-0.4, -0.2) is 33.8 Å². The minimum Gasteiger partial charge on any atom is -0.494 e. The molecule has 7 heteroatoms. The minimum atomic E-state index is -0.283. The number of halogens is 1. The fourth-order valence-corrected chi connectivity index (χ4v) is 2.36. The Balaban J connectivity index is 1.35. The number of nitrogens with one attached hydrogen (secondary N) is 1. The number of hydrogen-bond acceptors (Lipinski definition) is 4. The Hall–Kier alpha value is -3.22. The van der Waals surface area contributed by atoms with Crippen LogP contribution in [0, 0.1) is 5.82 Å². The number of hydrogen-bond donors (Lipinski definition) is 1. The first-order valence-electron chi connectivity index (χ1n) is 8.34. The zero-order valence-corrected chi connectivity index (χ0v) is 14.1. The molecule has 0 spiro atoms. The summed E-state index contributed by atoms with van der Waals surface area (Å²) in [6.07, 6.45) is 4.65. The van der Waals surface area contributed by atoms with Crippen LogP contribution in [-0.2, 0) is 0 Å². The first kappa shape index (κ1) is 17.6. The summed E-state index contributed by atoms with van der Waals surface area (Å²) in [6, 6.07) is 13.1. The highest BCUT2D eigenvalue weighted by atomic mass is 19.1. The normalized spacial score (nSPS) is 10.5. The summed E-state index contributed by atoms with van der Waals surface area (Å²) in [5, 5.41) is 6.92. The largest absolute Gasteiger partial charge is 0.494 e. The Morgan fingerprint density at radius 3 is 2.54 bits per heavy atom. The molecule has 3 rings (SSSR count). The second-order valence-corrected chi connectivity index (χ2v) is 5.65. The molecule has 0 fully saturated rings. The van der Waals surface area contributed by atoms with Gasteiger partial charge in [-0.05, 0) is 61.4 Å². The molecule has 0 aliphatic heterocycles. The minimum absolute atomic E-state index is 0.116. The van der Waals surface area contributed by atoms with Gasteiger partial charge in [0, 0.05) is 12.1 Å². The third-order valence-corrected chi connectivity index (χ3v) is 3.75. The lowest BCUT2D eigenvalue weighted by molar-refractivity contribution is 0.0952. The van der Waals surface area contributed by atoms with Gasteiger partial charge in [-0.15, -0.1) is 0 Å². The molecule has 0 aliphatic rings. The van der Waals surface area contributed by atoms with E-state index in [1.807, 2.05) is 12.1 Å². The molecule has 1 amide bonds. The van der Waals surface area contributed by atoms with Crippen molar-refractivity contribution in [2.75, 3.05) is 13.2 Å². The molecule has 1 aromatic heterocycles. The number of amides is 1. The number of aromatic nitrogens is 3. The summed E-state index contributed by atoms with van der Waals surface area (Å²) in [5.41, 5.74) is 1.44. The molecule has 0 saturated heterocycles. The fourth-order valence-electron chi connectivity index (χ4n) is 2.36. The van der Waals surface area contributed by atoms with Crippen molar-refractivity contribution in [3.63, 3.8) is 0 Å². The van der Waals surface area contributed by atoms with Crippen LogP contribution in [0.15, 0.2) is 61.2 Å². The monoisotopic (exact) mass is 354 g/mol. The number of carbonyl (C=O) groups excluding carboxylic acids is 1. The Kier molecular flexibility index (Phi) is 5.92. The number of carbonyl (C=O) groups is 1. The van der Waals surface area contributed by atoms with E-state index in [1.54, 1.807) is 35.3 Å². The second kappa shape index (κ2) is 8.75. The first-order chi connectivity index (χ1) is 12.7. The summed E-state index contributed by atoms with van der Waals surface area (Å²) in [7, 11) is 0. The van der Waals surface area contributed by atoms with Crippen LogP contribution in [0.5, 0.6) is 5.75 Å². The van der Waals surface area contributed by atoms with Crippen molar-refractivity contribution in [1.82, 2.24) is 20.1 Å². The Labute approximate surface area is 150 Å². The molecule has 6 nitrogen and oxygen atoms in total. The van der Waals surface area contributed by atoms with Crippen molar-refractivity contribution in [1.29, 1.82) is 0 Å². The van der Waals surface area contributed by atoms with Crippen LogP contribution in [0.25, 0.3) is 5.69 Å². The van der Waals surface area contributed by atoms with E-state index in [-0.39, 0.29) is 11.7 Å². The highest BCUT2D eigenvalue weighted by Crippen LogP contribution is 2.11. The first-order valence-corrected chi connectivity index (χ1v) is 8.34. The molecule has 1 heterocycles. The average Bonchev–Trinajstić information content (AvgIpc) is 3.21. The smallest absolute Gasteiger partial charge is 0.251 e. The third kappa shape index (κ3) is 4.89. The number of rotatable bonds is 8. The number of benzene rings is 2. The van der Waals surface area contributed by atoms with Gasteiger partial charge in [0.15, 0.2) is 0 Å². The van der Waals surface area contributed by atoms with Crippen molar-refractivity contribution in [2.45, 2.75) is 12.8 Å². The van der Waals surface area contributed by atoms with Gasteiger partial charge < -0.3 is 10.1 Å². The highest BCUT2D eigenvalue weighted by molar-refractivity contribution is 5.94. The van der Waals surface area contributed by atoms with E-state index < -0.39 is 0 Å². The maximum Gasteiger partial charge on any atom is 0.251 e. The predicted octanol–water partition coefficient (Wildman–Crippen LogP) is 3.00. The van der Waals surface area contributed by atoms with Crippen LogP contribution in [0.2, 0.25) is 0 Å². The Morgan fingerprint density at radius 2 is 1.85 bits per heavy atom. The summed E-state index contributed by atoms with van der Waals surface area (Å²) >= 11 is 0. The van der Waals surface area contributed by atoms with Crippen LogP contribution < -0.4 is 10.1 Å². The maximum absolute atomic E-state index is 12.8. The molecule has 0 unspecified atom stereocenters. The molecule has 0 bridgehead atoms. The quantitative estimate of drug-likeness (QED) is 0.632. The van der Waals surface area contributed by atoms with Crippen LogP contribution in [0.3, 0.4) is 0 Å². The van der Waals surface area contributed by atoms with Crippen LogP contribution >= 0.6 is 0 Å². The van der Waals surface area contributed by atoms with E-state index in [9.17, 15) is 9.18 Å². The zero-order valence-electron chi connectivity index (χ0n) is 14.1. The van der Waals surface area contributed by atoms with Gasteiger partial charge in [-0.2, -0.15) is 5.10 Å². The molecular weight excluding hydrogens is 335 g/mol. The molecule has 134 valence electrons. The Morgan fingerprint density at radius 1 is 1.08 bits per heavy atom. The lowest BCUT2D eigenvalue weighted by Gasteiger charge is -2.08. The van der Waals surface area contributed by atoms with E-state index in [1.165, 1.54) is 18.5 Å². The molecule has 0 saturated carbocycles. The van der Waals surface area contributed by atoms with Crippen molar-refractivity contribution < 1.29 is 13.9 Å². The molecule has 0 radical (unpaired) electrons. The standard InChI is InChI=1S/C19H19FN4O2/c20-16-5-9-18(10-6-16)26-12-2-1-11-22-19(25)15-3-7-17(8-4-15)24-14-21-13-23-24/h3-10,13-14H,1-2,11-12H2,(H,22,25). The van der Waals surface area contributed by atoms with Gasteiger partial charge in [0.1, 0.15) is 24.2 Å². The number of ether oxygens (including phenoxy) is 1.